The summed E-state index contributed by atoms with van der Waals surface area (Å²) in [7, 11) is 1.65. The number of aliphatic imine (C=N–C) groups is 1. The van der Waals surface area contributed by atoms with Crippen LogP contribution in [0.5, 0.6) is 5.75 Å². The smallest absolute Gasteiger partial charge is 0.254 e. The molecule has 0 atom stereocenters. The summed E-state index contributed by atoms with van der Waals surface area (Å²) in [6.07, 6.45) is 5.09. The summed E-state index contributed by atoms with van der Waals surface area (Å²) in [4.78, 5) is 23.4. The number of carbonyl (C=O) groups is 1. The molecule has 1 fully saturated rings. The van der Waals surface area contributed by atoms with Crippen molar-refractivity contribution >= 4 is 12.1 Å². The Morgan fingerprint density at radius 1 is 1.31 bits per heavy atom. The second kappa shape index (κ2) is 9.28. The Labute approximate surface area is 202 Å². The molecule has 1 aliphatic heterocycles. The number of aliphatic hydroxyl groups excluding tert-OH is 1. The van der Waals surface area contributed by atoms with E-state index in [4.69, 9.17) is 4.74 Å². The van der Waals surface area contributed by atoms with Crippen molar-refractivity contribution in [1.82, 2.24) is 9.88 Å². The van der Waals surface area contributed by atoms with E-state index in [0.29, 0.717) is 29.1 Å². The average Bonchev–Trinajstić information content (AvgIpc) is 3.54. The van der Waals surface area contributed by atoms with E-state index in [9.17, 15) is 15.2 Å². The van der Waals surface area contributed by atoms with Crippen molar-refractivity contribution in [1.29, 1.82) is 5.26 Å². The molecule has 0 saturated heterocycles. The molecule has 8 heteroatoms. The molecule has 3 aromatic rings. The Morgan fingerprint density at radius 2 is 2.14 bits per heavy atom. The fraction of sp³-hybridized carbons (Fsp3) is 0.259. The lowest BCUT2D eigenvalue weighted by Gasteiger charge is -2.21. The van der Waals surface area contributed by atoms with Crippen LogP contribution in [0, 0.1) is 17.1 Å². The van der Waals surface area contributed by atoms with Gasteiger partial charge in [-0.1, -0.05) is 12.1 Å². The van der Waals surface area contributed by atoms with Crippen molar-refractivity contribution in [3.63, 3.8) is 0 Å². The zero-order valence-corrected chi connectivity index (χ0v) is 19.2. The monoisotopic (exact) mass is 470 g/mol. The predicted octanol–water partition coefficient (Wildman–Crippen LogP) is 4.00. The molecular weight excluding hydrogens is 447 g/mol. The second-order valence-electron chi connectivity index (χ2n) is 8.75. The zero-order valence-electron chi connectivity index (χ0n) is 19.2. The summed E-state index contributed by atoms with van der Waals surface area (Å²) >= 11 is 0. The molecule has 2 aromatic carbocycles. The summed E-state index contributed by atoms with van der Waals surface area (Å²) in [5.74, 6) is -0.651. The quantitative estimate of drug-likeness (QED) is 0.563. The Bertz CT molecular complexity index is 1390. The normalized spacial score (nSPS) is 13.9. The van der Waals surface area contributed by atoms with Crippen LogP contribution >= 0.6 is 0 Å². The molecule has 0 radical (unpaired) electrons. The molecule has 0 bridgehead atoms. The number of carbonyl (C=O) groups excluding carboxylic acids is 1. The van der Waals surface area contributed by atoms with E-state index in [1.54, 1.807) is 49.8 Å². The molecule has 1 saturated carbocycles. The van der Waals surface area contributed by atoms with Gasteiger partial charge in [-0.2, -0.15) is 5.26 Å². The van der Waals surface area contributed by atoms with Gasteiger partial charge in [-0.15, -0.1) is 0 Å². The van der Waals surface area contributed by atoms with Gasteiger partial charge in [0.2, 0.25) is 0 Å². The van der Waals surface area contributed by atoms with Gasteiger partial charge in [-0.05, 0) is 53.8 Å². The fourth-order valence-corrected chi connectivity index (χ4v) is 4.22. The lowest BCUT2D eigenvalue weighted by molar-refractivity contribution is 0.0783. The number of amides is 1. The van der Waals surface area contributed by atoms with Gasteiger partial charge in [0.1, 0.15) is 11.6 Å². The topological polar surface area (TPSA) is 98.8 Å². The number of ether oxygens (including phenoxy) is 1. The number of halogens is 1. The minimum Gasteiger partial charge on any atom is -0.490 e. The van der Waals surface area contributed by atoms with Gasteiger partial charge in [0.25, 0.3) is 5.91 Å². The van der Waals surface area contributed by atoms with E-state index < -0.39 is 5.82 Å². The number of aliphatic hydroxyl groups is 1. The first-order valence-electron chi connectivity index (χ1n) is 11.3. The van der Waals surface area contributed by atoms with Crippen LogP contribution in [0.4, 0.5) is 4.39 Å². The van der Waals surface area contributed by atoms with Gasteiger partial charge in [0, 0.05) is 37.1 Å². The number of rotatable bonds is 7. The maximum absolute atomic E-state index is 15.4. The highest BCUT2D eigenvalue weighted by atomic mass is 19.1. The second-order valence-corrected chi connectivity index (χ2v) is 8.75. The van der Waals surface area contributed by atoms with Crippen molar-refractivity contribution in [3.8, 4) is 22.9 Å². The third-order valence-corrected chi connectivity index (χ3v) is 6.17. The van der Waals surface area contributed by atoms with Crippen molar-refractivity contribution in [2.75, 3.05) is 7.05 Å². The molecule has 1 amide bonds. The van der Waals surface area contributed by atoms with Crippen LogP contribution in [0.3, 0.4) is 0 Å². The van der Waals surface area contributed by atoms with E-state index >= 15 is 4.39 Å². The Kier molecular flexibility index (Phi) is 6.01. The van der Waals surface area contributed by atoms with Crippen LogP contribution in [-0.2, 0) is 19.7 Å². The maximum Gasteiger partial charge on any atom is 0.254 e. The lowest BCUT2D eigenvalue weighted by atomic mass is 9.99. The molecule has 35 heavy (non-hydrogen) atoms. The SMILES string of the molecule is CN(Cc1cnc(CO)c2c1CN=C2)C(=O)c1cc(F)c(-c2cccc(C#N)c2)c(OC2CC2)c1. The molecular formula is C27H23FN4O3. The fourth-order valence-electron chi connectivity index (χ4n) is 4.22. The molecule has 1 aliphatic carbocycles. The molecule has 0 spiro atoms. The Morgan fingerprint density at radius 3 is 2.89 bits per heavy atom. The van der Waals surface area contributed by atoms with Gasteiger partial charge in [-0.25, -0.2) is 4.39 Å². The van der Waals surface area contributed by atoms with Crippen molar-refractivity contribution in [2.24, 2.45) is 4.99 Å². The van der Waals surface area contributed by atoms with Crippen LogP contribution in [-0.4, -0.2) is 40.3 Å². The number of nitriles is 1. The van der Waals surface area contributed by atoms with Crippen LogP contribution < -0.4 is 4.74 Å². The van der Waals surface area contributed by atoms with Gasteiger partial charge in [0.05, 0.1) is 42.1 Å². The van der Waals surface area contributed by atoms with Crippen LogP contribution in [0.1, 0.15) is 51.1 Å². The highest BCUT2D eigenvalue weighted by Crippen LogP contribution is 2.38. The molecule has 0 unspecified atom stereocenters. The van der Waals surface area contributed by atoms with E-state index in [1.165, 1.54) is 11.0 Å². The third-order valence-electron chi connectivity index (χ3n) is 6.17. The molecule has 1 N–H and O–H groups in total. The highest BCUT2D eigenvalue weighted by Gasteiger charge is 2.28. The number of pyridine rings is 1. The molecule has 176 valence electrons. The first kappa shape index (κ1) is 22.7. The molecule has 5 rings (SSSR count). The largest absolute Gasteiger partial charge is 0.490 e. The number of hydrogen-bond acceptors (Lipinski definition) is 6. The summed E-state index contributed by atoms with van der Waals surface area (Å²) in [5, 5.41) is 18.8. The summed E-state index contributed by atoms with van der Waals surface area (Å²) < 4.78 is 21.4. The van der Waals surface area contributed by atoms with Gasteiger partial charge >= 0.3 is 0 Å². The lowest BCUT2D eigenvalue weighted by Crippen LogP contribution is -2.27. The number of hydrogen-bond donors (Lipinski definition) is 1. The standard InChI is InChI=1S/C27H23FN4O3/c1-32(14-19-11-31-24(15-33)22-13-30-12-21(19)22)27(34)18-8-23(28)26(25(9-18)35-20-5-6-20)17-4-2-3-16(7-17)10-29/h2-4,7-9,11,13,20,33H,5-6,12,14-15H2,1H3. The number of fused-ring (bicyclic) bond motifs is 1. The third kappa shape index (κ3) is 4.51. The summed E-state index contributed by atoms with van der Waals surface area (Å²) in [6, 6.07) is 11.5. The van der Waals surface area contributed by atoms with E-state index in [0.717, 1.165) is 29.5 Å². The minimum absolute atomic E-state index is 0.00548. The van der Waals surface area contributed by atoms with Crippen LogP contribution in [0.15, 0.2) is 47.6 Å². The Hall–Kier alpha value is -4.09. The predicted molar refractivity (Wildman–Crippen MR) is 127 cm³/mol. The first-order chi connectivity index (χ1) is 17.0. The molecule has 1 aromatic heterocycles. The summed E-state index contributed by atoms with van der Waals surface area (Å²) in [6.45, 7) is 0.540. The molecule has 2 heterocycles. The van der Waals surface area contributed by atoms with Crippen LogP contribution in [0.2, 0.25) is 0 Å². The summed E-state index contributed by atoms with van der Waals surface area (Å²) in [5.41, 5.74) is 4.46. The Balaban J connectivity index is 1.46. The van der Waals surface area contributed by atoms with Gasteiger partial charge in [0.15, 0.2) is 0 Å². The molecule has 7 nitrogen and oxygen atoms in total. The number of aromatic nitrogens is 1. The van der Waals surface area contributed by atoms with Gasteiger partial charge < -0.3 is 14.7 Å². The van der Waals surface area contributed by atoms with Crippen LogP contribution in [0.25, 0.3) is 11.1 Å². The minimum atomic E-state index is -0.585. The van der Waals surface area contributed by atoms with Crippen molar-refractivity contribution in [2.45, 2.75) is 38.6 Å². The van der Waals surface area contributed by atoms with E-state index in [1.807, 2.05) is 0 Å². The number of nitrogens with zero attached hydrogens (tertiary/aromatic N) is 4. The van der Waals surface area contributed by atoms with Crippen molar-refractivity contribution in [3.05, 3.63) is 81.9 Å². The number of benzene rings is 2. The van der Waals surface area contributed by atoms with Crippen molar-refractivity contribution < 1.29 is 19.0 Å². The first-order valence-corrected chi connectivity index (χ1v) is 11.3. The zero-order chi connectivity index (χ0) is 24.5. The van der Waals surface area contributed by atoms with E-state index in [2.05, 4.69) is 16.0 Å². The molecule has 2 aliphatic rings. The van der Waals surface area contributed by atoms with Gasteiger partial charge in [-0.3, -0.25) is 14.8 Å². The highest BCUT2D eigenvalue weighted by molar-refractivity contribution is 5.96. The average molecular weight is 471 g/mol. The van der Waals surface area contributed by atoms with E-state index in [-0.39, 0.29) is 36.3 Å². The maximum atomic E-state index is 15.4.